The lowest BCUT2D eigenvalue weighted by Crippen LogP contribution is -2.34. The highest BCUT2D eigenvalue weighted by molar-refractivity contribution is 5.80. The number of unbranched alkanes of at least 4 members (excludes halogenated alkanes) is 13. The molecule has 0 fully saturated rings. The summed E-state index contributed by atoms with van der Waals surface area (Å²) in [5, 5.41) is 21.6. The summed E-state index contributed by atoms with van der Waals surface area (Å²) in [5.41, 5.74) is 0. The van der Waals surface area contributed by atoms with E-state index < -0.39 is 12.0 Å². The molecule has 0 aliphatic heterocycles. The smallest absolute Gasteiger partial charge is 0.272 e. The third-order valence-corrected chi connectivity index (χ3v) is 4.57. The van der Waals surface area contributed by atoms with Crippen molar-refractivity contribution < 1.29 is 19.7 Å². The van der Waals surface area contributed by atoms with E-state index in [1.54, 1.807) is 0 Å². The Labute approximate surface area is 160 Å². The SMILES string of the molecule is CCCCCCCCCCCCCCCCOCC(O)C(=O)[N]CCO. The number of rotatable bonds is 20. The zero-order chi connectivity index (χ0) is 19.3. The molecule has 2 N–H and O–H groups in total. The topological polar surface area (TPSA) is 80.9 Å². The lowest BCUT2D eigenvalue weighted by Gasteiger charge is -2.09. The number of ether oxygens (including phenoxy) is 1. The Balaban J connectivity index is 3.16. The molecule has 1 radical (unpaired) electrons. The first-order valence-corrected chi connectivity index (χ1v) is 10.8. The number of aliphatic hydroxyl groups is 2. The minimum Gasteiger partial charge on any atom is -0.394 e. The molecule has 1 amide bonds. The van der Waals surface area contributed by atoms with Crippen molar-refractivity contribution in [2.75, 3.05) is 26.4 Å². The molecule has 0 aromatic heterocycles. The molecule has 0 heterocycles. The van der Waals surface area contributed by atoms with Crippen LogP contribution in [0, 0.1) is 0 Å². The van der Waals surface area contributed by atoms with Crippen LogP contribution >= 0.6 is 0 Å². The van der Waals surface area contributed by atoms with Gasteiger partial charge in [0, 0.05) is 6.61 Å². The van der Waals surface area contributed by atoms with E-state index in [1.807, 2.05) is 0 Å². The minimum atomic E-state index is -1.20. The summed E-state index contributed by atoms with van der Waals surface area (Å²) < 4.78 is 5.31. The van der Waals surface area contributed by atoms with Crippen LogP contribution < -0.4 is 5.32 Å². The van der Waals surface area contributed by atoms with Crippen molar-refractivity contribution in [1.29, 1.82) is 0 Å². The van der Waals surface area contributed by atoms with E-state index in [0.29, 0.717) is 6.61 Å². The van der Waals surface area contributed by atoms with Gasteiger partial charge in [-0.3, -0.25) is 4.79 Å². The number of hydrogen-bond donors (Lipinski definition) is 2. The molecule has 0 saturated carbocycles. The summed E-state index contributed by atoms with van der Waals surface area (Å²) in [5.74, 6) is -0.611. The molecule has 0 aliphatic carbocycles. The van der Waals surface area contributed by atoms with Crippen LogP contribution in [0.15, 0.2) is 0 Å². The van der Waals surface area contributed by atoms with Crippen molar-refractivity contribution in [2.45, 2.75) is 103 Å². The minimum absolute atomic E-state index is 0.00773. The molecule has 0 bridgehead atoms. The first-order chi connectivity index (χ1) is 12.7. The van der Waals surface area contributed by atoms with Gasteiger partial charge in [-0.25, -0.2) is 5.32 Å². The second kappa shape index (κ2) is 20.7. The molecule has 1 unspecified atom stereocenters. The molecule has 5 nitrogen and oxygen atoms in total. The first-order valence-electron chi connectivity index (χ1n) is 10.8. The van der Waals surface area contributed by atoms with Gasteiger partial charge in [-0.1, -0.05) is 90.4 Å². The quantitative estimate of drug-likeness (QED) is 0.317. The van der Waals surface area contributed by atoms with Crippen molar-refractivity contribution in [1.82, 2.24) is 5.32 Å². The molecular weight excluding hydrogens is 330 g/mol. The Kier molecular flexibility index (Phi) is 20.1. The van der Waals surface area contributed by atoms with Gasteiger partial charge in [-0.05, 0) is 6.42 Å². The number of carbonyl (C=O) groups is 1. The Hall–Kier alpha value is -0.650. The van der Waals surface area contributed by atoms with Crippen LogP contribution in [-0.2, 0) is 9.53 Å². The van der Waals surface area contributed by atoms with Gasteiger partial charge < -0.3 is 14.9 Å². The second-order valence-electron chi connectivity index (χ2n) is 7.13. The Bertz CT molecular complexity index is 300. The first kappa shape index (κ1) is 25.4. The molecule has 26 heavy (non-hydrogen) atoms. The van der Waals surface area contributed by atoms with E-state index in [4.69, 9.17) is 9.84 Å². The highest BCUT2D eigenvalue weighted by Crippen LogP contribution is 2.12. The molecule has 0 aromatic rings. The van der Waals surface area contributed by atoms with Crippen LogP contribution in [0.1, 0.15) is 96.8 Å². The average molecular weight is 373 g/mol. The zero-order valence-corrected chi connectivity index (χ0v) is 17.0. The summed E-state index contributed by atoms with van der Waals surface area (Å²) in [6, 6.07) is 0. The molecule has 0 rings (SSSR count). The standard InChI is InChI=1S/C21H42NO4/c1-2-3-4-5-6-7-8-9-10-11-12-13-14-15-18-26-19-20(24)21(25)22-16-17-23/h20,23-24H,2-19H2,1H3. The van der Waals surface area contributed by atoms with Gasteiger partial charge in [0.05, 0.1) is 19.8 Å². The van der Waals surface area contributed by atoms with Gasteiger partial charge in [0.25, 0.3) is 5.91 Å². The molecule has 1 atom stereocenters. The van der Waals surface area contributed by atoms with Crippen LogP contribution in [0.2, 0.25) is 0 Å². The number of aliphatic hydroxyl groups excluding tert-OH is 2. The summed E-state index contributed by atoms with van der Waals surface area (Å²) in [7, 11) is 0. The van der Waals surface area contributed by atoms with E-state index in [2.05, 4.69) is 12.2 Å². The molecule has 155 valence electrons. The van der Waals surface area contributed by atoms with E-state index in [0.717, 1.165) is 12.8 Å². The average Bonchev–Trinajstić information content (AvgIpc) is 2.65. The predicted octanol–water partition coefficient (Wildman–Crippen LogP) is 3.97. The Morgan fingerprint density at radius 3 is 1.77 bits per heavy atom. The van der Waals surface area contributed by atoms with Gasteiger partial charge in [0.15, 0.2) is 6.10 Å². The lowest BCUT2D eigenvalue weighted by atomic mass is 10.0. The Morgan fingerprint density at radius 1 is 0.846 bits per heavy atom. The number of carbonyl (C=O) groups excluding carboxylic acids is 1. The van der Waals surface area contributed by atoms with Gasteiger partial charge in [-0.15, -0.1) is 0 Å². The maximum atomic E-state index is 11.3. The molecule has 0 aromatic carbocycles. The fourth-order valence-electron chi connectivity index (χ4n) is 2.93. The van der Waals surface area contributed by atoms with E-state index in [1.165, 1.54) is 77.0 Å². The third kappa shape index (κ3) is 18.2. The van der Waals surface area contributed by atoms with Gasteiger partial charge >= 0.3 is 0 Å². The van der Waals surface area contributed by atoms with Crippen LogP contribution in [0.4, 0.5) is 0 Å². The fraction of sp³-hybridized carbons (Fsp3) is 0.952. The predicted molar refractivity (Wildman–Crippen MR) is 106 cm³/mol. The van der Waals surface area contributed by atoms with Crippen LogP contribution in [0.3, 0.4) is 0 Å². The van der Waals surface area contributed by atoms with Gasteiger partial charge in [0.2, 0.25) is 0 Å². The molecule has 5 heteroatoms. The number of hydrogen-bond acceptors (Lipinski definition) is 4. The highest BCUT2D eigenvalue weighted by atomic mass is 16.5. The number of nitrogens with zero attached hydrogens (tertiary/aromatic N) is 1. The van der Waals surface area contributed by atoms with Crippen molar-refractivity contribution in [3.05, 3.63) is 0 Å². The third-order valence-electron chi connectivity index (χ3n) is 4.57. The molecule has 0 saturated heterocycles. The molecular formula is C21H42NO4. The van der Waals surface area contributed by atoms with Crippen LogP contribution in [-0.4, -0.2) is 48.6 Å². The second-order valence-corrected chi connectivity index (χ2v) is 7.13. The maximum Gasteiger partial charge on any atom is 0.272 e. The summed E-state index contributed by atoms with van der Waals surface area (Å²) in [4.78, 5) is 11.3. The largest absolute Gasteiger partial charge is 0.394 e. The van der Waals surface area contributed by atoms with Gasteiger partial charge in [-0.2, -0.15) is 0 Å². The van der Waals surface area contributed by atoms with Crippen molar-refractivity contribution in [3.63, 3.8) is 0 Å². The van der Waals surface area contributed by atoms with E-state index in [-0.39, 0.29) is 19.8 Å². The Morgan fingerprint density at radius 2 is 1.31 bits per heavy atom. The van der Waals surface area contributed by atoms with Gasteiger partial charge in [0.1, 0.15) is 0 Å². The monoisotopic (exact) mass is 372 g/mol. The van der Waals surface area contributed by atoms with Crippen LogP contribution in [0.25, 0.3) is 0 Å². The summed E-state index contributed by atoms with van der Waals surface area (Å²) >= 11 is 0. The number of amides is 1. The fourth-order valence-corrected chi connectivity index (χ4v) is 2.93. The van der Waals surface area contributed by atoms with Crippen molar-refractivity contribution in [3.8, 4) is 0 Å². The van der Waals surface area contributed by atoms with E-state index >= 15 is 0 Å². The zero-order valence-electron chi connectivity index (χ0n) is 17.0. The van der Waals surface area contributed by atoms with Crippen molar-refractivity contribution >= 4 is 5.91 Å². The highest BCUT2D eigenvalue weighted by Gasteiger charge is 2.15. The molecule has 0 spiro atoms. The normalized spacial score (nSPS) is 12.3. The molecule has 0 aliphatic rings. The lowest BCUT2D eigenvalue weighted by molar-refractivity contribution is -0.132. The van der Waals surface area contributed by atoms with Crippen LogP contribution in [0.5, 0.6) is 0 Å². The van der Waals surface area contributed by atoms with Crippen molar-refractivity contribution in [2.24, 2.45) is 0 Å². The summed E-state index contributed by atoms with van der Waals surface area (Å²) in [6.07, 6.45) is 17.2. The van der Waals surface area contributed by atoms with E-state index in [9.17, 15) is 9.90 Å². The summed E-state index contributed by atoms with van der Waals surface area (Å²) in [6.45, 7) is 2.68. The maximum absolute atomic E-state index is 11.3.